The second-order valence-corrected chi connectivity index (χ2v) is 8.39. The molecule has 0 aliphatic carbocycles. The zero-order valence-electron chi connectivity index (χ0n) is 16.0. The minimum Gasteiger partial charge on any atom is -0.495 e. The second kappa shape index (κ2) is 7.63. The van der Waals surface area contributed by atoms with Gasteiger partial charge in [0, 0.05) is 12.8 Å². The van der Waals surface area contributed by atoms with E-state index in [4.69, 9.17) is 4.74 Å². The molecule has 7 nitrogen and oxygen atoms in total. The van der Waals surface area contributed by atoms with Crippen molar-refractivity contribution in [2.24, 2.45) is 0 Å². The highest BCUT2D eigenvalue weighted by molar-refractivity contribution is 7.92. The van der Waals surface area contributed by atoms with Gasteiger partial charge in [0.2, 0.25) is 11.8 Å². The monoisotopic (exact) mass is 402 g/mol. The van der Waals surface area contributed by atoms with Gasteiger partial charge in [-0.05, 0) is 55.7 Å². The van der Waals surface area contributed by atoms with Crippen LogP contribution in [0, 0.1) is 13.8 Å². The maximum atomic E-state index is 13.1. The van der Waals surface area contributed by atoms with Crippen LogP contribution in [0.25, 0.3) is 0 Å². The summed E-state index contributed by atoms with van der Waals surface area (Å²) in [5.74, 6) is -0.557. The minimum atomic E-state index is -4.02. The summed E-state index contributed by atoms with van der Waals surface area (Å²) in [6.07, 6.45) is 1.00. The maximum Gasteiger partial charge on any atom is 0.265 e. The first kappa shape index (κ1) is 19.9. The third kappa shape index (κ3) is 3.87. The van der Waals surface area contributed by atoms with Crippen LogP contribution in [0.5, 0.6) is 5.75 Å². The molecule has 0 bridgehead atoms. The Morgan fingerprint density at radius 1 is 1.00 bits per heavy atom. The molecule has 1 saturated heterocycles. The Labute approximate surface area is 164 Å². The summed E-state index contributed by atoms with van der Waals surface area (Å²) in [6, 6.07) is 9.71. The number of ether oxygens (including phenoxy) is 1. The van der Waals surface area contributed by atoms with E-state index in [0.717, 1.165) is 16.0 Å². The fourth-order valence-electron chi connectivity index (χ4n) is 3.10. The molecule has 148 valence electrons. The normalized spacial score (nSPS) is 14.9. The van der Waals surface area contributed by atoms with Gasteiger partial charge in [-0.1, -0.05) is 12.1 Å². The number of hydrogen-bond acceptors (Lipinski definition) is 5. The largest absolute Gasteiger partial charge is 0.495 e. The van der Waals surface area contributed by atoms with Gasteiger partial charge in [0.15, 0.2) is 0 Å². The van der Waals surface area contributed by atoms with E-state index in [2.05, 4.69) is 4.72 Å². The molecule has 1 aliphatic heterocycles. The van der Waals surface area contributed by atoms with Crippen LogP contribution < -0.4 is 14.4 Å². The van der Waals surface area contributed by atoms with E-state index in [0.29, 0.717) is 12.1 Å². The fourth-order valence-corrected chi connectivity index (χ4v) is 4.41. The average Bonchev–Trinajstić information content (AvgIpc) is 2.64. The molecule has 2 aromatic carbocycles. The summed E-state index contributed by atoms with van der Waals surface area (Å²) >= 11 is 0. The molecule has 2 amide bonds. The molecule has 0 saturated carbocycles. The van der Waals surface area contributed by atoms with E-state index >= 15 is 0 Å². The van der Waals surface area contributed by atoms with Crippen LogP contribution in [0.1, 0.15) is 30.4 Å². The Hall–Kier alpha value is -2.87. The van der Waals surface area contributed by atoms with Gasteiger partial charge in [-0.3, -0.25) is 19.2 Å². The molecular formula is C20H22N2O5S. The Morgan fingerprint density at radius 2 is 1.68 bits per heavy atom. The SMILES string of the molecule is COc1ccc(N2C(=O)CCCC2=O)cc1S(=O)(=O)Nc1cc(C)ccc1C. The molecule has 0 unspecified atom stereocenters. The number of nitrogens with one attached hydrogen (secondary N) is 1. The topological polar surface area (TPSA) is 92.8 Å². The molecule has 8 heteroatoms. The smallest absolute Gasteiger partial charge is 0.265 e. The van der Waals surface area contributed by atoms with Crippen LogP contribution in [0.4, 0.5) is 11.4 Å². The standard InChI is InChI=1S/C20H22N2O5S/c1-13-7-8-14(2)16(11-13)21-28(25,26)18-12-15(9-10-17(18)27-3)22-19(23)5-4-6-20(22)24/h7-12,21H,4-6H2,1-3H3. The van der Waals surface area contributed by atoms with E-state index in [1.807, 2.05) is 19.1 Å². The van der Waals surface area contributed by atoms with Crippen molar-refractivity contribution >= 4 is 33.2 Å². The number of imide groups is 1. The Balaban J connectivity index is 2.05. The lowest BCUT2D eigenvalue weighted by atomic mass is 10.1. The van der Waals surface area contributed by atoms with E-state index in [9.17, 15) is 18.0 Å². The van der Waals surface area contributed by atoms with E-state index in [1.165, 1.54) is 25.3 Å². The lowest BCUT2D eigenvalue weighted by Crippen LogP contribution is -2.40. The number of nitrogens with zero attached hydrogens (tertiary/aromatic N) is 1. The van der Waals surface area contributed by atoms with Crippen LogP contribution in [-0.2, 0) is 19.6 Å². The third-order valence-corrected chi connectivity index (χ3v) is 6.00. The Morgan fingerprint density at radius 3 is 2.32 bits per heavy atom. The number of carbonyl (C=O) groups is 2. The van der Waals surface area contributed by atoms with Crippen molar-refractivity contribution in [1.29, 1.82) is 0 Å². The number of carbonyl (C=O) groups excluding carboxylic acids is 2. The average molecular weight is 402 g/mol. The molecule has 0 radical (unpaired) electrons. The third-order valence-electron chi connectivity index (χ3n) is 4.61. The van der Waals surface area contributed by atoms with Gasteiger partial charge in [-0.25, -0.2) is 8.42 Å². The number of amides is 2. The highest BCUT2D eigenvalue weighted by Crippen LogP contribution is 2.32. The quantitative estimate of drug-likeness (QED) is 0.776. The zero-order chi connectivity index (χ0) is 20.5. The van der Waals surface area contributed by atoms with Gasteiger partial charge >= 0.3 is 0 Å². The van der Waals surface area contributed by atoms with E-state index in [-0.39, 0.29) is 41.0 Å². The summed E-state index contributed by atoms with van der Waals surface area (Å²) in [4.78, 5) is 25.3. The van der Waals surface area contributed by atoms with E-state index < -0.39 is 10.0 Å². The van der Waals surface area contributed by atoms with Crippen LogP contribution in [-0.4, -0.2) is 27.3 Å². The molecule has 1 heterocycles. The van der Waals surface area contributed by atoms with Crippen molar-refractivity contribution in [2.75, 3.05) is 16.7 Å². The van der Waals surface area contributed by atoms with Crippen molar-refractivity contribution in [3.05, 3.63) is 47.5 Å². The number of anilines is 2. The maximum absolute atomic E-state index is 13.1. The first-order valence-corrected chi connectivity index (χ1v) is 10.3. The van der Waals surface area contributed by atoms with Gasteiger partial charge < -0.3 is 4.74 Å². The molecular weight excluding hydrogens is 380 g/mol. The van der Waals surface area contributed by atoms with Gasteiger partial charge in [-0.15, -0.1) is 0 Å². The number of benzene rings is 2. The Bertz CT molecular complexity index is 1030. The predicted molar refractivity (Wildman–Crippen MR) is 106 cm³/mol. The Kier molecular flexibility index (Phi) is 5.42. The second-order valence-electron chi connectivity index (χ2n) is 6.74. The molecule has 3 rings (SSSR count). The molecule has 0 atom stereocenters. The number of rotatable bonds is 5. The van der Waals surface area contributed by atoms with Crippen molar-refractivity contribution in [3.8, 4) is 5.75 Å². The summed E-state index contributed by atoms with van der Waals surface area (Å²) in [5, 5.41) is 0. The number of methoxy groups -OCH3 is 1. The van der Waals surface area contributed by atoms with Gasteiger partial charge in [0.25, 0.3) is 10.0 Å². The fraction of sp³-hybridized carbons (Fsp3) is 0.300. The highest BCUT2D eigenvalue weighted by atomic mass is 32.2. The first-order chi connectivity index (χ1) is 13.2. The lowest BCUT2D eigenvalue weighted by Gasteiger charge is -2.25. The predicted octanol–water partition coefficient (Wildman–Crippen LogP) is 3.16. The zero-order valence-corrected chi connectivity index (χ0v) is 16.8. The van der Waals surface area contributed by atoms with Crippen molar-refractivity contribution < 1.29 is 22.7 Å². The minimum absolute atomic E-state index is 0.124. The molecule has 0 aromatic heterocycles. The number of piperidine rings is 1. The lowest BCUT2D eigenvalue weighted by molar-refractivity contribution is -0.129. The van der Waals surface area contributed by atoms with Crippen LogP contribution in [0.3, 0.4) is 0 Å². The molecule has 1 aliphatic rings. The van der Waals surface area contributed by atoms with Crippen LogP contribution in [0.2, 0.25) is 0 Å². The summed E-state index contributed by atoms with van der Waals surface area (Å²) < 4.78 is 33.9. The molecule has 1 N–H and O–H groups in total. The number of hydrogen-bond donors (Lipinski definition) is 1. The first-order valence-electron chi connectivity index (χ1n) is 8.87. The van der Waals surface area contributed by atoms with E-state index in [1.54, 1.807) is 13.0 Å². The number of sulfonamides is 1. The molecule has 2 aromatic rings. The van der Waals surface area contributed by atoms with Crippen molar-refractivity contribution in [2.45, 2.75) is 38.0 Å². The summed E-state index contributed by atoms with van der Waals surface area (Å²) in [6.45, 7) is 3.67. The summed E-state index contributed by atoms with van der Waals surface area (Å²) in [5.41, 5.74) is 2.36. The van der Waals surface area contributed by atoms with Crippen LogP contribution in [0.15, 0.2) is 41.3 Å². The summed E-state index contributed by atoms with van der Waals surface area (Å²) in [7, 11) is -2.65. The van der Waals surface area contributed by atoms with Gasteiger partial charge in [-0.2, -0.15) is 0 Å². The number of aryl methyl sites for hydroxylation is 2. The van der Waals surface area contributed by atoms with Gasteiger partial charge in [0.1, 0.15) is 10.6 Å². The molecule has 0 spiro atoms. The molecule has 1 fully saturated rings. The van der Waals surface area contributed by atoms with Crippen molar-refractivity contribution in [1.82, 2.24) is 0 Å². The van der Waals surface area contributed by atoms with Crippen LogP contribution >= 0.6 is 0 Å². The van der Waals surface area contributed by atoms with Crippen molar-refractivity contribution in [3.63, 3.8) is 0 Å². The van der Waals surface area contributed by atoms with Gasteiger partial charge in [0.05, 0.1) is 18.5 Å². The highest BCUT2D eigenvalue weighted by Gasteiger charge is 2.30. The molecule has 28 heavy (non-hydrogen) atoms.